The van der Waals surface area contributed by atoms with Gasteiger partial charge in [0.15, 0.2) is 0 Å². The predicted molar refractivity (Wildman–Crippen MR) is 84.2 cm³/mol. The first kappa shape index (κ1) is 12.2. The van der Waals surface area contributed by atoms with E-state index in [2.05, 4.69) is 29.4 Å². The summed E-state index contributed by atoms with van der Waals surface area (Å²) in [6.45, 7) is 0. The molecule has 4 rings (SSSR count). The van der Waals surface area contributed by atoms with Crippen LogP contribution < -0.4 is 5.84 Å². The number of benzene rings is 2. The molecule has 3 atom stereocenters. The van der Waals surface area contributed by atoms with Crippen LogP contribution in [0.15, 0.2) is 41.5 Å². The fraction of sp³-hybridized carbons (Fsp3) is 0.353. The number of hydrazone groups is 1. The first-order valence-electron chi connectivity index (χ1n) is 7.19. The molecule has 2 aromatic rings. The molecule has 0 saturated heterocycles. The lowest BCUT2D eigenvalue weighted by molar-refractivity contribution is 0.169. The Hall–Kier alpha value is -1.54. The number of hydrogen-bond acceptors (Lipinski definition) is 2. The van der Waals surface area contributed by atoms with Gasteiger partial charge in [0.1, 0.15) is 0 Å². The van der Waals surface area contributed by atoms with E-state index in [9.17, 15) is 0 Å². The van der Waals surface area contributed by atoms with Crippen LogP contribution in [0.25, 0.3) is 10.8 Å². The van der Waals surface area contributed by atoms with E-state index in [1.165, 1.54) is 28.5 Å². The summed E-state index contributed by atoms with van der Waals surface area (Å²) in [5.41, 5.74) is 2.66. The van der Waals surface area contributed by atoms with Gasteiger partial charge in [-0.1, -0.05) is 35.9 Å². The van der Waals surface area contributed by atoms with Gasteiger partial charge in [0.2, 0.25) is 0 Å². The van der Waals surface area contributed by atoms with Gasteiger partial charge in [-0.05, 0) is 65.5 Å². The molecule has 3 unspecified atom stereocenters. The third-order valence-electron chi connectivity index (χ3n) is 5.09. The van der Waals surface area contributed by atoms with Gasteiger partial charge in [0, 0.05) is 10.7 Å². The van der Waals surface area contributed by atoms with Gasteiger partial charge in [0.05, 0.1) is 0 Å². The van der Waals surface area contributed by atoms with Crippen molar-refractivity contribution in [3.63, 3.8) is 0 Å². The van der Waals surface area contributed by atoms with E-state index in [1.54, 1.807) is 0 Å². The molecule has 0 aliphatic heterocycles. The van der Waals surface area contributed by atoms with Gasteiger partial charge >= 0.3 is 0 Å². The Morgan fingerprint density at radius 1 is 1.05 bits per heavy atom. The van der Waals surface area contributed by atoms with Crippen LogP contribution in [0.2, 0.25) is 5.02 Å². The Bertz CT molecular complexity index is 707. The van der Waals surface area contributed by atoms with Crippen molar-refractivity contribution in [2.45, 2.75) is 25.2 Å². The Labute approximate surface area is 123 Å². The van der Waals surface area contributed by atoms with Crippen LogP contribution in [0.1, 0.15) is 30.7 Å². The summed E-state index contributed by atoms with van der Waals surface area (Å²) in [7, 11) is 0. The second-order valence-electron chi connectivity index (χ2n) is 6.12. The lowest BCUT2D eigenvalue weighted by atomic mass is 9.64. The van der Waals surface area contributed by atoms with Crippen molar-refractivity contribution in [3.05, 3.63) is 47.0 Å². The molecule has 0 bridgehead atoms. The molecule has 2 saturated carbocycles. The maximum Gasteiger partial charge on any atom is 0.0412 e. The minimum absolute atomic E-state index is 0.680. The second kappa shape index (κ2) is 4.49. The molecule has 2 N–H and O–H groups in total. The third-order valence-corrected chi connectivity index (χ3v) is 5.32. The fourth-order valence-corrected chi connectivity index (χ4v) is 4.15. The number of nitrogens with two attached hydrogens (primary N) is 1. The van der Waals surface area contributed by atoms with Crippen LogP contribution in [0.3, 0.4) is 0 Å². The summed E-state index contributed by atoms with van der Waals surface area (Å²) >= 11 is 6.04. The zero-order valence-electron chi connectivity index (χ0n) is 11.2. The molecule has 2 fully saturated rings. The average molecular weight is 285 g/mol. The van der Waals surface area contributed by atoms with Crippen molar-refractivity contribution in [1.29, 1.82) is 0 Å². The lowest BCUT2D eigenvalue weighted by Crippen LogP contribution is -2.30. The molecule has 0 amide bonds. The predicted octanol–water partition coefficient (Wildman–Crippen LogP) is 4.32. The minimum atomic E-state index is 0.680. The molecule has 102 valence electrons. The van der Waals surface area contributed by atoms with Gasteiger partial charge in [-0.25, -0.2) is 0 Å². The fourth-order valence-electron chi connectivity index (χ4n) is 3.96. The average Bonchev–Trinajstić information content (AvgIpc) is 2.76. The summed E-state index contributed by atoms with van der Waals surface area (Å²) in [6, 6.07) is 12.9. The molecule has 0 heterocycles. The number of halogens is 1. The molecule has 2 aliphatic carbocycles. The van der Waals surface area contributed by atoms with Crippen molar-refractivity contribution in [2.75, 3.05) is 0 Å². The standard InChI is InChI=1S/C17H17ClN2/c18-14-4-3-10-5-12(2-1-11(10)6-14)16-8-13-7-15(20-19)9-17(13)16/h1-6,13,16-17H,7-9,19H2. The normalized spacial score (nSPS) is 30.4. The van der Waals surface area contributed by atoms with E-state index in [-0.39, 0.29) is 0 Å². The molecule has 3 heteroatoms. The summed E-state index contributed by atoms with van der Waals surface area (Å²) in [4.78, 5) is 0. The maximum absolute atomic E-state index is 6.04. The zero-order chi connectivity index (χ0) is 13.7. The molecule has 2 aromatic carbocycles. The van der Waals surface area contributed by atoms with E-state index in [4.69, 9.17) is 17.4 Å². The minimum Gasteiger partial charge on any atom is -0.323 e. The molecular weight excluding hydrogens is 268 g/mol. The Kier molecular flexibility index (Phi) is 2.74. The van der Waals surface area contributed by atoms with Crippen molar-refractivity contribution in [1.82, 2.24) is 0 Å². The highest BCUT2D eigenvalue weighted by Crippen LogP contribution is 2.55. The smallest absolute Gasteiger partial charge is 0.0412 e. The van der Waals surface area contributed by atoms with Crippen molar-refractivity contribution < 1.29 is 0 Å². The third kappa shape index (κ3) is 1.82. The number of fused-ring (bicyclic) bond motifs is 2. The number of rotatable bonds is 1. The first-order chi connectivity index (χ1) is 9.74. The first-order valence-corrected chi connectivity index (χ1v) is 7.57. The molecule has 0 spiro atoms. The highest BCUT2D eigenvalue weighted by molar-refractivity contribution is 6.31. The van der Waals surface area contributed by atoms with Crippen LogP contribution in [-0.2, 0) is 0 Å². The van der Waals surface area contributed by atoms with Gasteiger partial charge in [-0.3, -0.25) is 0 Å². The zero-order valence-corrected chi connectivity index (χ0v) is 12.0. The van der Waals surface area contributed by atoms with Crippen molar-refractivity contribution in [3.8, 4) is 0 Å². The van der Waals surface area contributed by atoms with Gasteiger partial charge < -0.3 is 5.84 Å². The maximum atomic E-state index is 6.04. The highest BCUT2D eigenvalue weighted by atomic mass is 35.5. The largest absolute Gasteiger partial charge is 0.323 e. The van der Waals surface area contributed by atoms with Gasteiger partial charge in [0.25, 0.3) is 0 Å². The molecule has 0 radical (unpaired) electrons. The van der Waals surface area contributed by atoms with Crippen molar-refractivity contribution in [2.24, 2.45) is 22.8 Å². The van der Waals surface area contributed by atoms with Gasteiger partial charge in [-0.15, -0.1) is 0 Å². The monoisotopic (exact) mass is 284 g/mol. The van der Waals surface area contributed by atoms with Crippen LogP contribution in [0.5, 0.6) is 0 Å². The number of nitrogens with zero attached hydrogens (tertiary/aromatic N) is 1. The molecular formula is C17H17ClN2. The molecule has 2 nitrogen and oxygen atoms in total. The van der Waals surface area contributed by atoms with Crippen molar-refractivity contribution >= 4 is 28.1 Å². The van der Waals surface area contributed by atoms with Crippen LogP contribution in [-0.4, -0.2) is 5.71 Å². The van der Waals surface area contributed by atoms with Crippen LogP contribution in [0.4, 0.5) is 0 Å². The highest BCUT2D eigenvalue weighted by Gasteiger charge is 2.46. The molecule has 2 aliphatic rings. The molecule has 20 heavy (non-hydrogen) atoms. The number of hydrogen-bond donors (Lipinski definition) is 1. The molecule has 0 aromatic heterocycles. The van der Waals surface area contributed by atoms with Gasteiger partial charge in [-0.2, -0.15) is 5.10 Å². The summed E-state index contributed by atoms with van der Waals surface area (Å²) in [5.74, 6) is 7.67. The lowest BCUT2D eigenvalue weighted by Gasteiger charge is -2.40. The summed E-state index contributed by atoms with van der Waals surface area (Å²) < 4.78 is 0. The SMILES string of the molecule is NN=C1CC2CC(c3ccc4cc(Cl)ccc4c3)C2C1. The quantitative estimate of drug-likeness (QED) is 0.615. The van der Waals surface area contributed by atoms with E-state index >= 15 is 0 Å². The van der Waals surface area contributed by atoms with E-state index in [0.29, 0.717) is 5.92 Å². The van der Waals surface area contributed by atoms with E-state index in [0.717, 1.165) is 29.7 Å². The summed E-state index contributed by atoms with van der Waals surface area (Å²) in [6.07, 6.45) is 3.48. The summed E-state index contributed by atoms with van der Waals surface area (Å²) in [5, 5.41) is 7.21. The Morgan fingerprint density at radius 3 is 2.70 bits per heavy atom. The van der Waals surface area contributed by atoms with Crippen LogP contribution >= 0.6 is 11.6 Å². The van der Waals surface area contributed by atoms with E-state index in [1.807, 2.05) is 12.1 Å². The Morgan fingerprint density at radius 2 is 1.85 bits per heavy atom. The van der Waals surface area contributed by atoms with E-state index < -0.39 is 0 Å². The Balaban J connectivity index is 1.65. The van der Waals surface area contributed by atoms with Crippen LogP contribution in [0, 0.1) is 11.8 Å². The second-order valence-corrected chi connectivity index (χ2v) is 6.56. The topological polar surface area (TPSA) is 38.4 Å².